The van der Waals surface area contributed by atoms with Gasteiger partial charge < -0.3 is 20.3 Å². The highest BCUT2D eigenvalue weighted by Gasteiger charge is 2.20. The summed E-state index contributed by atoms with van der Waals surface area (Å²) in [4.78, 5) is 18.7. The van der Waals surface area contributed by atoms with Crippen LogP contribution in [0.1, 0.15) is 43.4 Å². The van der Waals surface area contributed by atoms with Gasteiger partial charge in [-0.15, -0.1) is 0 Å². The van der Waals surface area contributed by atoms with Crippen LogP contribution in [0, 0.1) is 6.92 Å². The molecule has 1 aliphatic heterocycles. The van der Waals surface area contributed by atoms with Gasteiger partial charge in [0, 0.05) is 26.1 Å². The molecule has 6 heteroatoms. The van der Waals surface area contributed by atoms with Gasteiger partial charge in [0.15, 0.2) is 5.96 Å². The molecule has 2 aromatic carbocycles. The first-order valence-electron chi connectivity index (χ1n) is 11.2. The van der Waals surface area contributed by atoms with Crippen molar-refractivity contribution < 1.29 is 9.53 Å². The molecular weight excluding hydrogens is 388 g/mol. The molecule has 1 heterocycles. The van der Waals surface area contributed by atoms with E-state index in [0.717, 1.165) is 47.9 Å². The number of carbonyl (C=O) groups is 1. The second-order valence-electron chi connectivity index (χ2n) is 7.96. The molecule has 1 amide bonds. The van der Waals surface area contributed by atoms with E-state index in [1.807, 2.05) is 55.1 Å². The molecule has 1 saturated heterocycles. The zero-order valence-electron chi connectivity index (χ0n) is 18.9. The quantitative estimate of drug-likeness (QED) is 0.478. The molecule has 3 rings (SSSR count). The topological polar surface area (TPSA) is 66.0 Å². The number of aryl methyl sites for hydroxylation is 1. The van der Waals surface area contributed by atoms with E-state index in [4.69, 9.17) is 9.73 Å². The summed E-state index contributed by atoms with van der Waals surface area (Å²) in [5.74, 6) is 1.91. The third kappa shape index (κ3) is 6.74. The van der Waals surface area contributed by atoms with Crippen LogP contribution in [-0.2, 0) is 17.9 Å². The highest BCUT2D eigenvalue weighted by atomic mass is 16.5. The molecule has 1 atom stereocenters. The number of likely N-dealkylation sites (tertiary alicyclic amines) is 1. The van der Waals surface area contributed by atoms with Gasteiger partial charge in [-0.3, -0.25) is 4.79 Å². The summed E-state index contributed by atoms with van der Waals surface area (Å²) >= 11 is 0. The maximum atomic E-state index is 12.0. The first-order chi connectivity index (χ1) is 15.1. The molecule has 1 fully saturated rings. The number of rotatable bonds is 9. The summed E-state index contributed by atoms with van der Waals surface area (Å²) in [6.07, 6.45) is 1.62. The number of amides is 1. The Kier molecular flexibility index (Phi) is 8.33. The molecule has 0 saturated carbocycles. The second kappa shape index (κ2) is 11.4. The van der Waals surface area contributed by atoms with Crippen LogP contribution >= 0.6 is 0 Å². The van der Waals surface area contributed by atoms with Crippen LogP contribution in [0.2, 0.25) is 0 Å². The summed E-state index contributed by atoms with van der Waals surface area (Å²) in [7, 11) is 0. The summed E-state index contributed by atoms with van der Waals surface area (Å²) in [6.45, 7) is 9.64. The van der Waals surface area contributed by atoms with E-state index in [0.29, 0.717) is 26.1 Å². The lowest BCUT2D eigenvalue weighted by atomic mass is 10.1. The summed E-state index contributed by atoms with van der Waals surface area (Å²) < 4.78 is 6.06. The van der Waals surface area contributed by atoms with Gasteiger partial charge in [-0.05, 0) is 49.9 Å². The number of ether oxygens (including phenoxy) is 1. The van der Waals surface area contributed by atoms with Crippen molar-refractivity contribution in [3.8, 4) is 5.75 Å². The van der Waals surface area contributed by atoms with Gasteiger partial charge in [0.05, 0.1) is 13.1 Å². The van der Waals surface area contributed by atoms with Crippen LogP contribution in [-0.4, -0.2) is 42.5 Å². The number of benzene rings is 2. The minimum Gasteiger partial charge on any atom is -0.489 e. The smallest absolute Gasteiger partial charge is 0.222 e. The Morgan fingerprint density at radius 2 is 1.87 bits per heavy atom. The molecule has 0 aliphatic carbocycles. The molecule has 0 aromatic heterocycles. The van der Waals surface area contributed by atoms with Crippen molar-refractivity contribution in [3.63, 3.8) is 0 Å². The number of para-hydroxylation sites is 1. The zero-order valence-corrected chi connectivity index (χ0v) is 18.9. The highest BCUT2D eigenvalue weighted by molar-refractivity contribution is 5.80. The molecule has 1 unspecified atom stereocenters. The Morgan fingerprint density at radius 3 is 2.58 bits per heavy atom. The van der Waals surface area contributed by atoms with Crippen LogP contribution in [0.3, 0.4) is 0 Å². The maximum absolute atomic E-state index is 12.0. The molecule has 2 aromatic rings. The Morgan fingerprint density at radius 1 is 1.13 bits per heavy atom. The van der Waals surface area contributed by atoms with Crippen molar-refractivity contribution in [2.75, 3.05) is 19.6 Å². The van der Waals surface area contributed by atoms with Crippen molar-refractivity contribution in [1.29, 1.82) is 0 Å². The SMILES string of the molecule is CCNC(=NCc1ccccc1CN1CCCC1=O)NCC(C)Oc1ccccc1C. The van der Waals surface area contributed by atoms with Gasteiger partial charge in [0.2, 0.25) is 5.91 Å². The fourth-order valence-electron chi connectivity index (χ4n) is 3.64. The van der Waals surface area contributed by atoms with Gasteiger partial charge >= 0.3 is 0 Å². The Labute approximate surface area is 185 Å². The predicted molar refractivity (Wildman–Crippen MR) is 125 cm³/mol. The fourth-order valence-corrected chi connectivity index (χ4v) is 3.64. The molecule has 1 aliphatic rings. The van der Waals surface area contributed by atoms with Gasteiger partial charge in [-0.25, -0.2) is 4.99 Å². The van der Waals surface area contributed by atoms with Crippen LogP contribution in [0.4, 0.5) is 0 Å². The summed E-state index contributed by atoms with van der Waals surface area (Å²) in [5.41, 5.74) is 3.43. The molecule has 0 bridgehead atoms. The Balaban J connectivity index is 1.59. The van der Waals surface area contributed by atoms with E-state index in [-0.39, 0.29) is 12.0 Å². The Bertz CT molecular complexity index is 897. The van der Waals surface area contributed by atoms with Gasteiger partial charge in [-0.2, -0.15) is 0 Å². The average Bonchev–Trinajstić information content (AvgIpc) is 3.17. The molecule has 2 N–H and O–H groups in total. The first kappa shape index (κ1) is 22.7. The lowest BCUT2D eigenvalue weighted by Crippen LogP contribution is -2.41. The number of hydrogen-bond donors (Lipinski definition) is 2. The number of carbonyl (C=O) groups excluding carboxylic acids is 1. The van der Waals surface area contributed by atoms with E-state index in [9.17, 15) is 4.79 Å². The molecule has 0 radical (unpaired) electrons. The predicted octanol–water partition coefficient (Wildman–Crippen LogP) is 3.64. The molecular formula is C25H34N4O2. The number of nitrogens with one attached hydrogen (secondary N) is 2. The fraction of sp³-hybridized carbons (Fsp3) is 0.440. The van der Waals surface area contributed by atoms with E-state index in [2.05, 4.69) is 29.7 Å². The molecule has 6 nitrogen and oxygen atoms in total. The molecule has 0 spiro atoms. The number of nitrogens with zero attached hydrogens (tertiary/aromatic N) is 2. The minimum absolute atomic E-state index is 0.00146. The van der Waals surface area contributed by atoms with E-state index in [1.54, 1.807) is 0 Å². The average molecular weight is 423 g/mol. The second-order valence-corrected chi connectivity index (χ2v) is 7.96. The Hall–Kier alpha value is -3.02. The number of guanidine groups is 1. The minimum atomic E-state index is -0.00146. The standard InChI is InChI=1S/C25H34N4O2/c1-4-26-25(27-16-20(3)31-23-13-8-5-10-19(23)2)28-17-21-11-6-7-12-22(21)18-29-15-9-14-24(29)30/h5-8,10-13,20H,4,9,14-18H2,1-3H3,(H2,26,27,28). The van der Waals surface area contributed by atoms with Crippen molar-refractivity contribution in [2.24, 2.45) is 4.99 Å². The summed E-state index contributed by atoms with van der Waals surface area (Å²) in [5, 5.41) is 6.68. The third-order valence-electron chi connectivity index (χ3n) is 5.38. The zero-order chi connectivity index (χ0) is 22.1. The lowest BCUT2D eigenvalue weighted by Gasteiger charge is -2.19. The maximum Gasteiger partial charge on any atom is 0.222 e. The van der Waals surface area contributed by atoms with E-state index >= 15 is 0 Å². The van der Waals surface area contributed by atoms with Crippen LogP contribution in [0.15, 0.2) is 53.5 Å². The van der Waals surface area contributed by atoms with Crippen molar-refractivity contribution >= 4 is 11.9 Å². The van der Waals surface area contributed by atoms with Crippen molar-refractivity contribution in [3.05, 3.63) is 65.2 Å². The lowest BCUT2D eigenvalue weighted by molar-refractivity contribution is -0.128. The summed E-state index contributed by atoms with van der Waals surface area (Å²) in [6, 6.07) is 16.3. The molecule has 166 valence electrons. The van der Waals surface area contributed by atoms with Gasteiger partial charge in [-0.1, -0.05) is 42.5 Å². The van der Waals surface area contributed by atoms with Gasteiger partial charge in [0.1, 0.15) is 11.9 Å². The molecule has 31 heavy (non-hydrogen) atoms. The van der Waals surface area contributed by atoms with Crippen LogP contribution < -0.4 is 15.4 Å². The normalized spacial score (nSPS) is 15.1. The third-order valence-corrected chi connectivity index (χ3v) is 5.38. The monoisotopic (exact) mass is 422 g/mol. The van der Waals surface area contributed by atoms with E-state index < -0.39 is 0 Å². The van der Waals surface area contributed by atoms with Crippen LogP contribution in [0.25, 0.3) is 0 Å². The van der Waals surface area contributed by atoms with E-state index in [1.165, 1.54) is 0 Å². The number of hydrogen-bond acceptors (Lipinski definition) is 3. The van der Waals surface area contributed by atoms with Crippen molar-refractivity contribution in [1.82, 2.24) is 15.5 Å². The van der Waals surface area contributed by atoms with Crippen molar-refractivity contribution in [2.45, 2.75) is 52.8 Å². The largest absolute Gasteiger partial charge is 0.489 e. The van der Waals surface area contributed by atoms with Gasteiger partial charge in [0.25, 0.3) is 0 Å². The first-order valence-corrected chi connectivity index (χ1v) is 11.2. The number of aliphatic imine (C=N–C) groups is 1. The van der Waals surface area contributed by atoms with Crippen LogP contribution in [0.5, 0.6) is 5.75 Å². The highest BCUT2D eigenvalue weighted by Crippen LogP contribution is 2.18.